The number of nitrogens with one attached hydrogen (secondary N) is 1. The molecule has 92 valence electrons. The molecule has 0 aliphatic carbocycles. The van der Waals surface area contributed by atoms with E-state index in [0.717, 1.165) is 24.2 Å². The van der Waals surface area contributed by atoms with Gasteiger partial charge < -0.3 is 15.8 Å². The smallest absolute Gasteiger partial charge is 0.220 e. The number of fused-ring (bicyclic) bond motifs is 1. The van der Waals surface area contributed by atoms with E-state index in [1.165, 1.54) is 0 Å². The number of benzene rings is 1. The molecule has 1 aliphatic heterocycles. The minimum absolute atomic E-state index is 0.0668. The van der Waals surface area contributed by atoms with E-state index in [1.54, 1.807) is 0 Å². The van der Waals surface area contributed by atoms with Crippen molar-refractivity contribution in [2.24, 2.45) is 5.73 Å². The van der Waals surface area contributed by atoms with E-state index in [4.69, 9.17) is 10.5 Å². The highest BCUT2D eigenvalue weighted by Gasteiger charge is 2.22. The van der Waals surface area contributed by atoms with Crippen LogP contribution in [0.25, 0.3) is 0 Å². The quantitative estimate of drug-likeness (QED) is 0.827. The Hall–Kier alpha value is -1.55. The van der Waals surface area contributed by atoms with Crippen molar-refractivity contribution in [1.82, 2.24) is 5.32 Å². The summed E-state index contributed by atoms with van der Waals surface area (Å²) < 4.78 is 5.55. The Balaban J connectivity index is 2.01. The van der Waals surface area contributed by atoms with Gasteiger partial charge in [0.05, 0.1) is 12.6 Å². The number of carbonyl (C=O) groups is 1. The molecule has 0 fully saturated rings. The first kappa shape index (κ1) is 11.9. The Labute approximate surface area is 101 Å². The number of amides is 1. The molecule has 4 nitrogen and oxygen atoms in total. The van der Waals surface area contributed by atoms with Gasteiger partial charge in [-0.2, -0.15) is 0 Å². The fraction of sp³-hybridized carbons (Fsp3) is 0.462. The predicted molar refractivity (Wildman–Crippen MR) is 65.7 cm³/mol. The van der Waals surface area contributed by atoms with E-state index in [9.17, 15) is 4.79 Å². The van der Waals surface area contributed by atoms with Crippen molar-refractivity contribution in [1.29, 1.82) is 0 Å². The highest BCUT2D eigenvalue weighted by molar-refractivity contribution is 5.76. The predicted octanol–water partition coefficient (Wildman–Crippen LogP) is 1.37. The van der Waals surface area contributed by atoms with Crippen molar-refractivity contribution in [3.05, 3.63) is 29.8 Å². The van der Waals surface area contributed by atoms with Crippen molar-refractivity contribution in [3.8, 4) is 5.75 Å². The molecule has 0 spiro atoms. The number of ether oxygens (including phenoxy) is 1. The van der Waals surface area contributed by atoms with E-state index < -0.39 is 0 Å². The Bertz CT molecular complexity index is 393. The van der Waals surface area contributed by atoms with Gasteiger partial charge in [-0.1, -0.05) is 18.2 Å². The summed E-state index contributed by atoms with van der Waals surface area (Å²) in [6.45, 7) is 1.20. The van der Waals surface area contributed by atoms with Crippen LogP contribution in [-0.4, -0.2) is 19.1 Å². The third-order valence-electron chi connectivity index (χ3n) is 2.90. The topological polar surface area (TPSA) is 64.4 Å². The molecule has 1 unspecified atom stereocenters. The van der Waals surface area contributed by atoms with Gasteiger partial charge in [0.2, 0.25) is 5.91 Å². The van der Waals surface area contributed by atoms with Crippen molar-refractivity contribution in [2.75, 3.05) is 13.2 Å². The van der Waals surface area contributed by atoms with Crippen LogP contribution in [0.1, 0.15) is 30.9 Å². The molecule has 0 saturated heterocycles. The summed E-state index contributed by atoms with van der Waals surface area (Å²) in [5.41, 5.74) is 6.46. The van der Waals surface area contributed by atoms with Crippen molar-refractivity contribution < 1.29 is 9.53 Å². The van der Waals surface area contributed by atoms with Gasteiger partial charge in [-0.05, 0) is 19.0 Å². The van der Waals surface area contributed by atoms with Gasteiger partial charge in [-0.3, -0.25) is 4.79 Å². The lowest BCUT2D eigenvalue weighted by Crippen LogP contribution is -2.32. The van der Waals surface area contributed by atoms with Crippen LogP contribution in [0.2, 0.25) is 0 Å². The highest BCUT2D eigenvalue weighted by Crippen LogP contribution is 2.31. The van der Waals surface area contributed by atoms with Crippen LogP contribution < -0.4 is 15.8 Å². The first-order chi connectivity index (χ1) is 8.31. The molecule has 1 heterocycles. The molecule has 0 saturated carbocycles. The van der Waals surface area contributed by atoms with Gasteiger partial charge in [-0.15, -0.1) is 0 Å². The second-order valence-electron chi connectivity index (χ2n) is 4.19. The summed E-state index contributed by atoms with van der Waals surface area (Å²) in [6, 6.07) is 7.92. The van der Waals surface area contributed by atoms with Crippen LogP contribution in [0, 0.1) is 0 Å². The molecule has 0 bridgehead atoms. The standard InChI is InChI=1S/C13H18N2O2/c14-8-3-6-13(16)15-11-7-9-17-12-5-2-1-4-10(11)12/h1-2,4-5,11H,3,6-9,14H2,(H,15,16). The van der Waals surface area contributed by atoms with Gasteiger partial charge in [0.1, 0.15) is 5.75 Å². The average Bonchev–Trinajstić information content (AvgIpc) is 2.37. The lowest BCUT2D eigenvalue weighted by molar-refractivity contribution is -0.122. The summed E-state index contributed by atoms with van der Waals surface area (Å²) in [7, 11) is 0. The van der Waals surface area contributed by atoms with Gasteiger partial charge in [0, 0.05) is 18.4 Å². The molecule has 1 aromatic rings. The van der Waals surface area contributed by atoms with Gasteiger partial charge in [-0.25, -0.2) is 0 Å². The number of hydrogen-bond donors (Lipinski definition) is 2. The Kier molecular flexibility index (Phi) is 3.98. The van der Waals surface area contributed by atoms with E-state index in [2.05, 4.69) is 5.32 Å². The third-order valence-corrected chi connectivity index (χ3v) is 2.90. The zero-order valence-electron chi connectivity index (χ0n) is 9.82. The minimum atomic E-state index is 0.0668. The number of carbonyl (C=O) groups excluding carboxylic acids is 1. The van der Waals surface area contributed by atoms with Crippen LogP contribution in [0.15, 0.2) is 24.3 Å². The van der Waals surface area contributed by atoms with E-state index >= 15 is 0 Å². The van der Waals surface area contributed by atoms with Crippen LogP contribution in [-0.2, 0) is 4.79 Å². The van der Waals surface area contributed by atoms with E-state index in [1.807, 2.05) is 24.3 Å². The molecule has 17 heavy (non-hydrogen) atoms. The maximum absolute atomic E-state index is 11.7. The second-order valence-corrected chi connectivity index (χ2v) is 4.19. The van der Waals surface area contributed by atoms with Crippen LogP contribution in [0.3, 0.4) is 0 Å². The van der Waals surface area contributed by atoms with E-state index in [-0.39, 0.29) is 11.9 Å². The van der Waals surface area contributed by atoms with Crippen LogP contribution in [0.5, 0.6) is 5.75 Å². The summed E-state index contributed by atoms with van der Waals surface area (Å²) >= 11 is 0. The number of para-hydroxylation sites is 1. The minimum Gasteiger partial charge on any atom is -0.493 e. The summed E-state index contributed by atoms with van der Waals surface area (Å²) in [5, 5.41) is 3.04. The number of nitrogens with two attached hydrogens (primary N) is 1. The third kappa shape index (κ3) is 2.97. The first-order valence-electron chi connectivity index (χ1n) is 6.02. The number of rotatable bonds is 4. The van der Waals surface area contributed by atoms with Gasteiger partial charge >= 0.3 is 0 Å². The fourth-order valence-electron chi connectivity index (χ4n) is 2.02. The molecule has 0 radical (unpaired) electrons. The molecule has 0 aromatic heterocycles. The Morgan fingerprint density at radius 3 is 3.12 bits per heavy atom. The monoisotopic (exact) mass is 234 g/mol. The first-order valence-corrected chi connectivity index (χ1v) is 6.02. The Morgan fingerprint density at radius 1 is 1.47 bits per heavy atom. The zero-order chi connectivity index (χ0) is 12.1. The maximum atomic E-state index is 11.7. The molecule has 3 N–H and O–H groups in total. The SMILES string of the molecule is NCCCC(=O)NC1CCOc2ccccc21. The molecule has 1 atom stereocenters. The molecule has 1 aromatic carbocycles. The van der Waals surface area contributed by atoms with Crippen molar-refractivity contribution in [3.63, 3.8) is 0 Å². The number of hydrogen-bond acceptors (Lipinski definition) is 3. The van der Waals surface area contributed by atoms with Crippen molar-refractivity contribution >= 4 is 5.91 Å². The molecule has 2 rings (SSSR count). The molecule has 1 aliphatic rings. The van der Waals surface area contributed by atoms with Crippen LogP contribution in [0.4, 0.5) is 0 Å². The summed E-state index contributed by atoms with van der Waals surface area (Å²) in [4.78, 5) is 11.7. The van der Waals surface area contributed by atoms with Crippen molar-refractivity contribution in [2.45, 2.75) is 25.3 Å². The zero-order valence-corrected chi connectivity index (χ0v) is 9.82. The average molecular weight is 234 g/mol. The molecular formula is C13H18N2O2. The molecule has 1 amide bonds. The molecule has 4 heteroatoms. The molecular weight excluding hydrogens is 216 g/mol. The normalized spacial score (nSPS) is 18.1. The lowest BCUT2D eigenvalue weighted by Gasteiger charge is -2.26. The summed E-state index contributed by atoms with van der Waals surface area (Å²) in [5.74, 6) is 0.944. The largest absolute Gasteiger partial charge is 0.493 e. The second kappa shape index (κ2) is 5.68. The van der Waals surface area contributed by atoms with E-state index in [0.29, 0.717) is 19.6 Å². The van der Waals surface area contributed by atoms with Gasteiger partial charge in [0.15, 0.2) is 0 Å². The fourth-order valence-corrected chi connectivity index (χ4v) is 2.02. The lowest BCUT2D eigenvalue weighted by atomic mass is 10.0. The summed E-state index contributed by atoms with van der Waals surface area (Å²) in [6.07, 6.45) is 2.05. The maximum Gasteiger partial charge on any atom is 0.220 e. The van der Waals surface area contributed by atoms with Gasteiger partial charge in [0.25, 0.3) is 0 Å². The Morgan fingerprint density at radius 2 is 2.29 bits per heavy atom. The van der Waals surface area contributed by atoms with Crippen LogP contribution >= 0.6 is 0 Å². The highest BCUT2D eigenvalue weighted by atomic mass is 16.5.